The fourth-order valence-corrected chi connectivity index (χ4v) is 1.63. The SMILES string of the molecule is CNCCCNC(=O)c1cccc(Cl)c1Cl.Cl. The third-order valence-electron chi connectivity index (χ3n) is 2.09. The van der Waals surface area contributed by atoms with Gasteiger partial charge in [-0.15, -0.1) is 12.4 Å². The highest BCUT2D eigenvalue weighted by Crippen LogP contribution is 2.25. The van der Waals surface area contributed by atoms with Gasteiger partial charge >= 0.3 is 0 Å². The zero-order valence-electron chi connectivity index (χ0n) is 9.43. The quantitative estimate of drug-likeness (QED) is 0.821. The molecular weight excluding hydrogens is 282 g/mol. The lowest BCUT2D eigenvalue weighted by Gasteiger charge is -2.07. The van der Waals surface area contributed by atoms with Crippen LogP contribution in [-0.2, 0) is 0 Å². The van der Waals surface area contributed by atoms with Crippen LogP contribution >= 0.6 is 35.6 Å². The Bertz CT molecular complexity index is 372. The molecule has 0 unspecified atom stereocenters. The highest BCUT2D eigenvalue weighted by Gasteiger charge is 2.11. The van der Waals surface area contributed by atoms with Gasteiger partial charge in [0.25, 0.3) is 5.91 Å². The summed E-state index contributed by atoms with van der Waals surface area (Å²) in [5.41, 5.74) is 0.415. The molecule has 1 amide bonds. The molecule has 0 aliphatic rings. The van der Waals surface area contributed by atoms with Gasteiger partial charge in [-0.3, -0.25) is 4.79 Å². The highest BCUT2D eigenvalue weighted by atomic mass is 35.5. The van der Waals surface area contributed by atoms with E-state index in [9.17, 15) is 4.79 Å². The molecule has 0 heterocycles. The number of amides is 1. The Morgan fingerprint density at radius 1 is 1.29 bits per heavy atom. The number of nitrogens with one attached hydrogen (secondary N) is 2. The standard InChI is InChI=1S/C11H14Cl2N2O.ClH/c1-14-6-3-7-15-11(16)8-4-2-5-9(12)10(8)13;/h2,4-5,14H,3,6-7H2,1H3,(H,15,16);1H. The minimum absolute atomic E-state index is 0. The summed E-state index contributed by atoms with van der Waals surface area (Å²) < 4.78 is 0. The van der Waals surface area contributed by atoms with Crippen molar-refractivity contribution in [2.24, 2.45) is 0 Å². The van der Waals surface area contributed by atoms with Crippen molar-refractivity contribution in [3.63, 3.8) is 0 Å². The third-order valence-corrected chi connectivity index (χ3v) is 2.90. The van der Waals surface area contributed by atoms with Crippen LogP contribution in [0.1, 0.15) is 16.8 Å². The van der Waals surface area contributed by atoms with Crippen LogP contribution in [0.5, 0.6) is 0 Å². The lowest BCUT2D eigenvalue weighted by atomic mass is 10.2. The molecule has 6 heteroatoms. The first-order valence-corrected chi connectivity index (χ1v) is 5.79. The van der Waals surface area contributed by atoms with Crippen molar-refractivity contribution in [3.05, 3.63) is 33.8 Å². The van der Waals surface area contributed by atoms with Crippen LogP contribution in [0.4, 0.5) is 0 Å². The largest absolute Gasteiger partial charge is 0.352 e. The number of hydrogen-bond acceptors (Lipinski definition) is 2. The molecule has 0 bridgehead atoms. The average Bonchev–Trinajstić information content (AvgIpc) is 2.28. The molecule has 0 radical (unpaired) electrons. The molecule has 17 heavy (non-hydrogen) atoms. The van der Waals surface area contributed by atoms with E-state index in [0.717, 1.165) is 13.0 Å². The van der Waals surface area contributed by atoms with Crippen molar-refractivity contribution in [1.82, 2.24) is 10.6 Å². The first kappa shape index (κ1) is 16.5. The first-order chi connectivity index (χ1) is 7.66. The summed E-state index contributed by atoms with van der Waals surface area (Å²) in [5, 5.41) is 6.48. The average molecular weight is 298 g/mol. The van der Waals surface area contributed by atoms with E-state index in [1.165, 1.54) is 0 Å². The molecule has 0 fully saturated rings. The van der Waals surface area contributed by atoms with Gasteiger partial charge in [0, 0.05) is 6.54 Å². The van der Waals surface area contributed by atoms with Gasteiger partial charge in [0.2, 0.25) is 0 Å². The van der Waals surface area contributed by atoms with E-state index in [1.54, 1.807) is 18.2 Å². The van der Waals surface area contributed by atoms with E-state index in [4.69, 9.17) is 23.2 Å². The summed E-state index contributed by atoms with van der Waals surface area (Å²) >= 11 is 11.7. The Labute approximate surface area is 117 Å². The van der Waals surface area contributed by atoms with Gasteiger partial charge < -0.3 is 10.6 Å². The predicted octanol–water partition coefficient (Wildman–Crippen LogP) is 2.75. The van der Waals surface area contributed by atoms with Gasteiger partial charge in [-0.25, -0.2) is 0 Å². The second-order valence-electron chi connectivity index (χ2n) is 3.31. The van der Waals surface area contributed by atoms with Crippen molar-refractivity contribution < 1.29 is 4.79 Å². The molecule has 0 atom stereocenters. The molecule has 0 aliphatic heterocycles. The molecular formula is C11H15Cl3N2O. The monoisotopic (exact) mass is 296 g/mol. The van der Waals surface area contributed by atoms with E-state index < -0.39 is 0 Å². The number of rotatable bonds is 5. The van der Waals surface area contributed by atoms with Crippen molar-refractivity contribution >= 4 is 41.5 Å². The zero-order chi connectivity index (χ0) is 12.0. The normalized spacial score (nSPS) is 9.59. The number of carbonyl (C=O) groups excluding carboxylic acids is 1. The number of hydrogen-bond donors (Lipinski definition) is 2. The number of carbonyl (C=O) groups is 1. The van der Waals surface area contributed by atoms with Gasteiger partial charge in [0.15, 0.2) is 0 Å². The maximum atomic E-state index is 11.7. The Morgan fingerprint density at radius 3 is 2.65 bits per heavy atom. The van der Waals surface area contributed by atoms with E-state index in [0.29, 0.717) is 22.2 Å². The van der Waals surface area contributed by atoms with Crippen LogP contribution in [0.2, 0.25) is 10.0 Å². The second-order valence-corrected chi connectivity index (χ2v) is 4.10. The molecule has 2 N–H and O–H groups in total. The zero-order valence-corrected chi connectivity index (χ0v) is 11.8. The van der Waals surface area contributed by atoms with E-state index in [-0.39, 0.29) is 18.3 Å². The van der Waals surface area contributed by atoms with Gasteiger partial charge in [-0.1, -0.05) is 29.3 Å². The molecule has 1 aromatic carbocycles. The molecule has 96 valence electrons. The molecule has 0 spiro atoms. The summed E-state index contributed by atoms with van der Waals surface area (Å²) in [6, 6.07) is 5.01. The van der Waals surface area contributed by atoms with E-state index in [2.05, 4.69) is 10.6 Å². The van der Waals surface area contributed by atoms with Crippen LogP contribution in [0.25, 0.3) is 0 Å². The fraction of sp³-hybridized carbons (Fsp3) is 0.364. The lowest BCUT2D eigenvalue weighted by Crippen LogP contribution is -2.26. The van der Waals surface area contributed by atoms with Gasteiger partial charge in [0.1, 0.15) is 0 Å². The van der Waals surface area contributed by atoms with E-state index in [1.807, 2.05) is 7.05 Å². The minimum atomic E-state index is -0.191. The minimum Gasteiger partial charge on any atom is -0.352 e. The maximum absolute atomic E-state index is 11.7. The summed E-state index contributed by atoms with van der Waals surface area (Å²) in [6.45, 7) is 1.48. The van der Waals surface area contributed by atoms with Crippen LogP contribution in [-0.4, -0.2) is 26.0 Å². The fourth-order valence-electron chi connectivity index (χ4n) is 1.24. The molecule has 0 aliphatic carbocycles. The molecule has 0 saturated carbocycles. The Hall–Kier alpha value is -0.480. The number of halogens is 3. The van der Waals surface area contributed by atoms with Crippen LogP contribution in [0.15, 0.2) is 18.2 Å². The van der Waals surface area contributed by atoms with E-state index >= 15 is 0 Å². The summed E-state index contributed by atoms with van der Waals surface area (Å²) in [5.74, 6) is -0.191. The maximum Gasteiger partial charge on any atom is 0.252 e. The second kappa shape index (κ2) is 8.59. The summed E-state index contributed by atoms with van der Waals surface area (Å²) in [7, 11) is 1.87. The van der Waals surface area contributed by atoms with Crippen molar-refractivity contribution in [1.29, 1.82) is 0 Å². The molecule has 0 saturated heterocycles. The Morgan fingerprint density at radius 2 is 2.00 bits per heavy atom. The Kier molecular flexibility index (Phi) is 8.35. The van der Waals surface area contributed by atoms with Gasteiger partial charge in [0.05, 0.1) is 15.6 Å². The van der Waals surface area contributed by atoms with Crippen LogP contribution < -0.4 is 10.6 Å². The van der Waals surface area contributed by atoms with Crippen molar-refractivity contribution in [2.75, 3.05) is 20.1 Å². The molecule has 3 nitrogen and oxygen atoms in total. The first-order valence-electron chi connectivity index (χ1n) is 5.03. The van der Waals surface area contributed by atoms with Gasteiger partial charge in [-0.05, 0) is 32.1 Å². The summed E-state index contributed by atoms with van der Waals surface area (Å²) in [4.78, 5) is 11.7. The van der Waals surface area contributed by atoms with Crippen molar-refractivity contribution in [3.8, 4) is 0 Å². The van der Waals surface area contributed by atoms with Crippen LogP contribution in [0.3, 0.4) is 0 Å². The Balaban J connectivity index is 0.00000256. The third kappa shape index (κ3) is 5.13. The molecule has 0 aromatic heterocycles. The smallest absolute Gasteiger partial charge is 0.252 e. The summed E-state index contributed by atoms with van der Waals surface area (Å²) in [6.07, 6.45) is 0.875. The molecule has 1 aromatic rings. The predicted molar refractivity (Wildman–Crippen MR) is 74.6 cm³/mol. The topological polar surface area (TPSA) is 41.1 Å². The van der Waals surface area contributed by atoms with Gasteiger partial charge in [-0.2, -0.15) is 0 Å². The van der Waals surface area contributed by atoms with Crippen molar-refractivity contribution in [2.45, 2.75) is 6.42 Å². The van der Waals surface area contributed by atoms with Crippen LogP contribution in [0, 0.1) is 0 Å². The lowest BCUT2D eigenvalue weighted by molar-refractivity contribution is 0.0953. The molecule has 1 rings (SSSR count). The highest BCUT2D eigenvalue weighted by molar-refractivity contribution is 6.43. The number of benzene rings is 1.